The van der Waals surface area contributed by atoms with Gasteiger partial charge in [0.2, 0.25) is 0 Å². The number of benzene rings is 3. The Kier molecular flexibility index (Phi) is 8.14. The van der Waals surface area contributed by atoms with Gasteiger partial charge in [-0.15, -0.1) is 0 Å². The monoisotopic (exact) mass is 577 g/mol. The number of rotatable bonds is 8. The minimum Gasteiger partial charge on any atom is -0.491 e. The number of halogens is 2. The number of carbonyl (C=O) groups is 2. The largest absolute Gasteiger partial charge is 0.491 e. The molecule has 40 heavy (non-hydrogen) atoms. The normalized spacial score (nSPS) is 12.9. The molecule has 0 aliphatic carbocycles. The van der Waals surface area contributed by atoms with Crippen LogP contribution in [0, 0.1) is 0 Å². The fourth-order valence-electron chi connectivity index (χ4n) is 4.94. The van der Waals surface area contributed by atoms with E-state index in [4.69, 9.17) is 27.9 Å². The molecule has 1 aliphatic rings. The van der Waals surface area contributed by atoms with E-state index < -0.39 is 0 Å². The van der Waals surface area contributed by atoms with Crippen molar-refractivity contribution in [2.45, 2.75) is 45.9 Å². The lowest BCUT2D eigenvalue weighted by molar-refractivity contribution is 0.0707. The van der Waals surface area contributed by atoms with E-state index >= 15 is 0 Å². The van der Waals surface area contributed by atoms with E-state index in [0.717, 1.165) is 5.56 Å². The van der Waals surface area contributed by atoms with Crippen LogP contribution in [0.15, 0.2) is 77.6 Å². The van der Waals surface area contributed by atoms with Gasteiger partial charge >= 0.3 is 5.69 Å². The third-order valence-corrected chi connectivity index (χ3v) is 7.59. The highest BCUT2D eigenvalue weighted by Crippen LogP contribution is 2.27. The van der Waals surface area contributed by atoms with E-state index in [-0.39, 0.29) is 48.0 Å². The minimum atomic E-state index is -0.308. The molecule has 0 atom stereocenters. The van der Waals surface area contributed by atoms with Gasteiger partial charge in [0.15, 0.2) is 5.78 Å². The Morgan fingerprint density at radius 2 is 1.65 bits per heavy atom. The van der Waals surface area contributed by atoms with Gasteiger partial charge in [-0.05, 0) is 68.3 Å². The van der Waals surface area contributed by atoms with Crippen LogP contribution in [0.3, 0.4) is 0 Å². The first-order valence-corrected chi connectivity index (χ1v) is 13.9. The van der Waals surface area contributed by atoms with Crippen LogP contribution < -0.4 is 10.4 Å². The lowest BCUT2D eigenvalue weighted by Gasteiger charge is -2.28. The van der Waals surface area contributed by atoms with Gasteiger partial charge in [0.05, 0.1) is 34.1 Å². The van der Waals surface area contributed by atoms with Crippen LogP contribution >= 0.6 is 23.2 Å². The molecule has 7 nitrogen and oxygen atoms in total. The number of hydrogen-bond acceptors (Lipinski definition) is 4. The molecule has 0 unspecified atom stereocenters. The van der Waals surface area contributed by atoms with Crippen LogP contribution in [-0.2, 0) is 19.5 Å². The molecule has 0 radical (unpaired) electrons. The molecule has 0 spiro atoms. The van der Waals surface area contributed by atoms with Crippen molar-refractivity contribution in [2.24, 2.45) is 0 Å². The molecule has 0 saturated heterocycles. The predicted octanol–water partition coefficient (Wildman–Crippen LogP) is 6.20. The number of ether oxygens (including phenoxy) is 1. The Morgan fingerprint density at radius 1 is 0.925 bits per heavy atom. The fourth-order valence-corrected chi connectivity index (χ4v) is 5.24. The number of Topliss-reactive ketones (excluding diaryl/α,β-unsaturated/α-hetero) is 1. The molecule has 0 N–H and O–H groups in total. The van der Waals surface area contributed by atoms with E-state index in [2.05, 4.69) is 0 Å². The molecule has 0 fully saturated rings. The van der Waals surface area contributed by atoms with Crippen molar-refractivity contribution in [2.75, 3.05) is 6.54 Å². The van der Waals surface area contributed by atoms with Crippen molar-refractivity contribution < 1.29 is 14.3 Å². The topological polar surface area (TPSA) is 73.5 Å². The van der Waals surface area contributed by atoms with Crippen molar-refractivity contribution in [1.82, 2.24) is 14.0 Å². The summed E-state index contributed by atoms with van der Waals surface area (Å²) in [5, 5.41) is 0.646. The molecule has 4 aromatic rings. The zero-order valence-corrected chi connectivity index (χ0v) is 23.8. The smallest absolute Gasteiger partial charge is 0.333 e. The second kappa shape index (κ2) is 11.7. The lowest BCUT2D eigenvalue weighted by atomic mass is 10.0. The SMILES string of the molecule is CC(C)Oc1ccc(-n2c(C(=O)CCc3ccccc3)c3n(c2=O)CCN(C(=O)c2ccc(Cl)c(Cl)c2)C3)cc1. The maximum Gasteiger partial charge on any atom is 0.333 e. The van der Waals surface area contributed by atoms with Crippen molar-refractivity contribution in [3.05, 3.63) is 116 Å². The summed E-state index contributed by atoms with van der Waals surface area (Å²) in [7, 11) is 0. The van der Waals surface area contributed by atoms with Crippen LogP contribution in [0.5, 0.6) is 5.75 Å². The summed E-state index contributed by atoms with van der Waals surface area (Å²) < 4.78 is 8.83. The van der Waals surface area contributed by atoms with Crippen LogP contribution in [0.4, 0.5) is 0 Å². The Hall–Kier alpha value is -3.81. The molecule has 5 rings (SSSR count). The van der Waals surface area contributed by atoms with Crippen molar-refractivity contribution in [1.29, 1.82) is 0 Å². The second-order valence-electron chi connectivity index (χ2n) is 9.99. The van der Waals surface area contributed by atoms with Gasteiger partial charge in [0.1, 0.15) is 11.4 Å². The highest BCUT2D eigenvalue weighted by atomic mass is 35.5. The summed E-state index contributed by atoms with van der Waals surface area (Å²) in [4.78, 5) is 42.5. The van der Waals surface area contributed by atoms with Crippen molar-refractivity contribution in [3.8, 4) is 11.4 Å². The molecular formula is C31H29Cl2N3O4. The first kappa shape index (κ1) is 27.7. The number of aromatic nitrogens is 2. The zero-order chi connectivity index (χ0) is 28.4. The summed E-state index contributed by atoms with van der Waals surface area (Å²) in [6, 6.07) is 21.6. The third kappa shape index (κ3) is 5.71. The Balaban J connectivity index is 1.53. The molecule has 2 heterocycles. The van der Waals surface area contributed by atoms with Gasteiger partial charge in [0.25, 0.3) is 5.91 Å². The number of carbonyl (C=O) groups excluding carboxylic acids is 2. The van der Waals surface area contributed by atoms with Crippen molar-refractivity contribution >= 4 is 34.9 Å². The van der Waals surface area contributed by atoms with E-state index in [0.29, 0.717) is 46.4 Å². The molecule has 3 aromatic carbocycles. The summed E-state index contributed by atoms with van der Waals surface area (Å²) in [6.07, 6.45) is 0.756. The number of hydrogen-bond donors (Lipinski definition) is 0. The molecule has 1 aromatic heterocycles. The van der Waals surface area contributed by atoms with E-state index in [9.17, 15) is 14.4 Å². The first-order valence-electron chi connectivity index (χ1n) is 13.2. The van der Waals surface area contributed by atoms with Crippen molar-refractivity contribution in [3.63, 3.8) is 0 Å². The minimum absolute atomic E-state index is 0.00420. The number of fused-ring (bicyclic) bond motifs is 1. The average Bonchev–Trinajstić information content (AvgIpc) is 3.25. The molecule has 9 heteroatoms. The molecular weight excluding hydrogens is 549 g/mol. The molecule has 1 aliphatic heterocycles. The number of imidazole rings is 1. The van der Waals surface area contributed by atoms with Crippen LogP contribution in [0.25, 0.3) is 5.69 Å². The first-order chi connectivity index (χ1) is 19.2. The van der Waals surface area contributed by atoms with Gasteiger partial charge in [-0.1, -0.05) is 53.5 Å². The van der Waals surface area contributed by atoms with Gasteiger partial charge in [-0.25, -0.2) is 4.79 Å². The number of amides is 1. The van der Waals surface area contributed by atoms with E-state index in [1.807, 2.05) is 44.2 Å². The quantitative estimate of drug-likeness (QED) is 0.233. The molecule has 1 amide bonds. The van der Waals surface area contributed by atoms with Gasteiger partial charge < -0.3 is 9.64 Å². The summed E-state index contributed by atoms with van der Waals surface area (Å²) >= 11 is 12.2. The van der Waals surface area contributed by atoms with Gasteiger partial charge in [0, 0.05) is 25.1 Å². The lowest BCUT2D eigenvalue weighted by Crippen LogP contribution is -2.41. The van der Waals surface area contributed by atoms with Gasteiger partial charge in [-0.3, -0.25) is 18.7 Å². The zero-order valence-electron chi connectivity index (χ0n) is 22.3. The summed E-state index contributed by atoms with van der Waals surface area (Å²) in [5.74, 6) is 0.259. The van der Waals surface area contributed by atoms with E-state index in [1.165, 1.54) is 10.6 Å². The average molecular weight is 578 g/mol. The number of aryl methyl sites for hydroxylation is 1. The summed E-state index contributed by atoms with van der Waals surface area (Å²) in [5.41, 5.74) is 2.49. The molecule has 0 saturated carbocycles. The molecule has 206 valence electrons. The van der Waals surface area contributed by atoms with Gasteiger partial charge in [-0.2, -0.15) is 0 Å². The van der Waals surface area contributed by atoms with Crippen LogP contribution in [-0.4, -0.2) is 38.4 Å². The standard InChI is InChI=1S/C31H29Cl2N3O4/c1-20(2)40-24-12-10-23(11-13-24)36-29(28(37)15-8-21-6-4-3-5-7-21)27-19-34(16-17-35(27)31(36)39)30(38)22-9-14-25(32)26(33)18-22/h3-7,9-14,18,20H,8,15-17,19H2,1-2H3. The maximum atomic E-state index is 13.8. The highest BCUT2D eigenvalue weighted by molar-refractivity contribution is 6.42. The number of ketones is 1. The summed E-state index contributed by atoms with van der Waals surface area (Å²) in [6.45, 7) is 4.57. The number of nitrogens with zero attached hydrogens (tertiary/aromatic N) is 3. The van der Waals surface area contributed by atoms with Crippen LogP contribution in [0.2, 0.25) is 10.0 Å². The Morgan fingerprint density at radius 3 is 2.33 bits per heavy atom. The predicted molar refractivity (Wildman–Crippen MR) is 156 cm³/mol. The Bertz CT molecular complexity index is 1610. The second-order valence-corrected chi connectivity index (χ2v) is 10.8. The fraction of sp³-hybridized carbons (Fsp3) is 0.258. The highest BCUT2D eigenvalue weighted by Gasteiger charge is 2.32. The Labute approximate surface area is 242 Å². The maximum absolute atomic E-state index is 13.8. The van der Waals surface area contributed by atoms with Crippen LogP contribution in [0.1, 0.15) is 52.4 Å². The third-order valence-electron chi connectivity index (χ3n) is 6.85. The van der Waals surface area contributed by atoms with E-state index in [1.54, 1.807) is 45.9 Å². The molecule has 0 bridgehead atoms.